The molecule has 70 heavy (non-hydrogen) atoms. The molecule has 1 rings (SSSR count). The minimum Gasteiger partial charge on any atom is -0.462 e. The number of allylic oxidation sites excluding steroid dienone is 12. The maximum atomic E-state index is 12.9. The molecule has 1 heterocycles. The van der Waals surface area contributed by atoms with E-state index in [1.165, 1.54) is 89.9 Å². The van der Waals surface area contributed by atoms with Crippen LogP contribution in [-0.4, -0.2) is 96.0 Å². The first-order valence-corrected chi connectivity index (χ1v) is 29.1. The molecule has 0 aromatic rings. The van der Waals surface area contributed by atoms with Crippen LogP contribution in [-0.2, 0) is 38.7 Å². The highest BCUT2D eigenvalue weighted by Gasteiger charge is 2.46. The van der Waals surface area contributed by atoms with Gasteiger partial charge in [-0.1, -0.05) is 196 Å². The summed E-state index contributed by atoms with van der Waals surface area (Å²) >= 11 is 0. The maximum absolute atomic E-state index is 12.9. The van der Waals surface area contributed by atoms with Crippen LogP contribution in [0.3, 0.4) is 0 Å². The summed E-state index contributed by atoms with van der Waals surface area (Å²) in [5.41, 5.74) is 0. The standard InChI is InChI=1S/C57H98O12S/c1-3-5-7-9-11-13-15-17-19-21-23-24-25-26-28-29-31-33-35-37-39-41-43-45-52(58)66-47-50(48-67-57-56(62)55(61)54(60)51(69-57)49-70(63,64)65)68-53(59)46-44-42-40-38-36-34-32-30-27-22-20-18-16-14-12-10-8-6-4-2/h6,8,12,14-15,17-18,20-21,23,27,30,50-51,54-57,60-62H,3-5,7,9-11,13,16,19,22,24-26,28-29,31-49H2,1-2H3,(H,63,64,65)/b8-6-,14-12-,17-15-,20-18-,23-21-,30-27-. The highest BCUT2D eigenvalue weighted by Crippen LogP contribution is 2.24. The van der Waals surface area contributed by atoms with Crippen LogP contribution in [0.15, 0.2) is 72.9 Å². The molecule has 1 aliphatic heterocycles. The zero-order valence-corrected chi connectivity index (χ0v) is 44.4. The Bertz CT molecular complexity index is 1550. The lowest BCUT2D eigenvalue weighted by atomic mass is 10.00. The highest BCUT2D eigenvalue weighted by molar-refractivity contribution is 7.85. The SMILES string of the molecule is CC/C=C\C/C=C\C/C=C\C/C=C\CCCCCCCCC(=O)OC(COC(=O)CCCCCCCCCCCCC/C=C\C/C=C\CCCCCCC)COC1OC(CS(=O)(=O)O)C(O)C(O)C1O. The lowest BCUT2D eigenvalue weighted by Gasteiger charge is -2.40. The fourth-order valence-electron chi connectivity index (χ4n) is 8.05. The smallest absolute Gasteiger partial charge is 0.306 e. The van der Waals surface area contributed by atoms with Crippen molar-refractivity contribution in [2.24, 2.45) is 0 Å². The van der Waals surface area contributed by atoms with Gasteiger partial charge in [-0.2, -0.15) is 8.42 Å². The first kappa shape index (κ1) is 65.1. The van der Waals surface area contributed by atoms with E-state index < -0.39 is 71.2 Å². The first-order chi connectivity index (χ1) is 34.0. The Labute approximate surface area is 425 Å². The fraction of sp³-hybridized carbons (Fsp3) is 0.754. The number of aliphatic hydroxyl groups is 3. The van der Waals surface area contributed by atoms with Gasteiger partial charge in [-0.05, 0) is 83.5 Å². The molecule has 6 unspecified atom stereocenters. The van der Waals surface area contributed by atoms with Crippen LogP contribution in [0.5, 0.6) is 0 Å². The Morgan fingerprint density at radius 3 is 1.34 bits per heavy atom. The molecule has 0 bridgehead atoms. The molecule has 0 aliphatic carbocycles. The van der Waals surface area contributed by atoms with E-state index in [1.807, 2.05) is 0 Å². The van der Waals surface area contributed by atoms with Crippen LogP contribution in [0.1, 0.15) is 219 Å². The van der Waals surface area contributed by atoms with Crippen LogP contribution in [0, 0.1) is 0 Å². The minimum atomic E-state index is -4.61. The number of ether oxygens (including phenoxy) is 4. The number of aliphatic hydroxyl groups excluding tert-OH is 3. The lowest BCUT2D eigenvalue weighted by molar-refractivity contribution is -0.297. The van der Waals surface area contributed by atoms with Crippen LogP contribution < -0.4 is 0 Å². The maximum Gasteiger partial charge on any atom is 0.306 e. The van der Waals surface area contributed by atoms with Crippen molar-refractivity contribution < 1.29 is 56.8 Å². The molecule has 404 valence electrons. The van der Waals surface area contributed by atoms with Crippen molar-refractivity contribution in [1.29, 1.82) is 0 Å². The Kier molecular flexibility index (Phi) is 42.7. The first-order valence-electron chi connectivity index (χ1n) is 27.5. The van der Waals surface area contributed by atoms with Gasteiger partial charge in [-0.25, -0.2) is 0 Å². The minimum absolute atomic E-state index is 0.145. The molecule has 13 heteroatoms. The number of carbonyl (C=O) groups is 2. The van der Waals surface area contributed by atoms with Gasteiger partial charge in [-0.3, -0.25) is 14.1 Å². The quantitative estimate of drug-likeness (QED) is 0.0196. The summed E-state index contributed by atoms with van der Waals surface area (Å²) in [6, 6.07) is 0. The highest BCUT2D eigenvalue weighted by atomic mass is 32.2. The van der Waals surface area contributed by atoms with Gasteiger partial charge in [0.1, 0.15) is 36.8 Å². The van der Waals surface area contributed by atoms with Gasteiger partial charge < -0.3 is 34.3 Å². The Hall–Kier alpha value is -2.91. The molecule has 0 radical (unpaired) electrons. The van der Waals surface area contributed by atoms with Crippen LogP contribution in [0.4, 0.5) is 0 Å². The molecule has 1 fully saturated rings. The topological polar surface area (TPSA) is 186 Å². The largest absolute Gasteiger partial charge is 0.462 e. The molecule has 0 saturated carbocycles. The van der Waals surface area contributed by atoms with Gasteiger partial charge in [0.05, 0.1) is 6.61 Å². The summed E-state index contributed by atoms with van der Waals surface area (Å²) in [5.74, 6) is -2.01. The van der Waals surface area contributed by atoms with E-state index in [9.17, 15) is 37.9 Å². The van der Waals surface area contributed by atoms with Crippen molar-refractivity contribution in [3.8, 4) is 0 Å². The zero-order valence-electron chi connectivity index (χ0n) is 43.6. The number of rotatable bonds is 46. The molecule has 0 aromatic heterocycles. The summed E-state index contributed by atoms with van der Waals surface area (Å²) < 4.78 is 54.3. The van der Waals surface area contributed by atoms with E-state index in [2.05, 4.69) is 86.8 Å². The summed E-state index contributed by atoms with van der Waals surface area (Å²) in [6.07, 6.45) is 50.8. The van der Waals surface area contributed by atoms with Crippen LogP contribution in [0.25, 0.3) is 0 Å². The van der Waals surface area contributed by atoms with E-state index in [1.54, 1.807) is 0 Å². The summed E-state index contributed by atoms with van der Waals surface area (Å²) in [6.45, 7) is 3.65. The number of carbonyl (C=O) groups excluding carboxylic acids is 2. The molecule has 1 saturated heterocycles. The Balaban J connectivity index is 2.34. The monoisotopic (exact) mass is 1010 g/mol. The van der Waals surface area contributed by atoms with Gasteiger partial charge in [0.2, 0.25) is 0 Å². The molecule has 0 aromatic carbocycles. The zero-order chi connectivity index (χ0) is 51.2. The average Bonchev–Trinajstić information content (AvgIpc) is 3.33. The molecule has 0 spiro atoms. The van der Waals surface area contributed by atoms with E-state index >= 15 is 0 Å². The second kappa shape index (κ2) is 45.9. The van der Waals surface area contributed by atoms with Gasteiger partial charge in [-0.15, -0.1) is 0 Å². The fourth-order valence-corrected chi connectivity index (χ4v) is 8.74. The van der Waals surface area contributed by atoms with Crippen molar-refractivity contribution in [3.63, 3.8) is 0 Å². The molecule has 4 N–H and O–H groups in total. The number of hydrogen-bond donors (Lipinski definition) is 4. The summed E-state index contributed by atoms with van der Waals surface area (Å²) in [4.78, 5) is 25.6. The van der Waals surface area contributed by atoms with Crippen molar-refractivity contribution in [1.82, 2.24) is 0 Å². The van der Waals surface area contributed by atoms with Crippen LogP contribution >= 0.6 is 0 Å². The van der Waals surface area contributed by atoms with E-state index in [0.717, 1.165) is 89.9 Å². The lowest BCUT2D eigenvalue weighted by Crippen LogP contribution is -2.60. The van der Waals surface area contributed by atoms with E-state index in [0.29, 0.717) is 12.8 Å². The average molecular weight is 1010 g/mol. The predicted molar refractivity (Wildman–Crippen MR) is 284 cm³/mol. The van der Waals surface area contributed by atoms with Crippen LogP contribution in [0.2, 0.25) is 0 Å². The van der Waals surface area contributed by atoms with Crippen molar-refractivity contribution in [3.05, 3.63) is 72.9 Å². The number of unbranched alkanes of at least 4 members (excludes halogenated alkanes) is 22. The van der Waals surface area contributed by atoms with E-state index in [4.69, 9.17) is 18.9 Å². The molecule has 12 nitrogen and oxygen atoms in total. The van der Waals surface area contributed by atoms with Gasteiger partial charge in [0.15, 0.2) is 12.4 Å². The molecule has 1 aliphatic rings. The Morgan fingerprint density at radius 2 is 0.900 bits per heavy atom. The summed E-state index contributed by atoms with van der Waals surface area (Å²) in [7, 11) is -4.61. The molecular weight excluding hydrogens is 909 g/mol. The van der Waals surface area contributed by atoms with Crippen molar-refractivity contribution in [2.75, 3.05) is 19.0 Å². The van der Waals surface area contributed by atoms with Gasteiger partial charge in [0.25, 0.3) is 10.1 Å². The number of esters is 2. The third-order valence-corrected chi connectivity index (χ3v) is 13.0. The van der Waals surface area contributed by atoms with Gasteiger partial charge >= 0.3 is 11.9 Å². The second-order valence-corrected chi connectivity index (χ2v) is 20.4. The Morgan fingerprint density at radius 1 is 0.500 bits per heavy atom. The second-order valence-electron chi connectivity index (χ2n) is 18.9. The predicted octanol–water partition coefficient (Wildman–Crippen LogP) is 13.0. The van der Waals surface area contributed by atoms with Gasteiger partial charge in [0, 0.05) is 12.8 Å². The molecule has 6 atom stereocenters. The number of hydrogen-bond acceptors (Lipinski definition) is 11. The third-order valence-electron chi connectivity index (χ3n) is 12.3. The van der Waals surface area contributed by atoms with Crippen molar-refractivity contribution in [2.45, 2.75) is 256 Å². The third kappa shape index (κ3) is 39.7. The molecule has 0 amide bonds. The summed E-state index contributed by atoms with van der Waals surface area (Å²) in [5, 5.41) is 31.0. The molecular formula is C57H98O12S. The van der Waals surface area contributed by atoms with Crippen molar-refractivity contribution >= 4 is 22.1 Å². The normalized spacial score (nSPS) is 19.5. The van der Waals surface area contributed by atoms with E-state index in [-0.39, 0.29) is 19.4 Å².